The molecule has 6 heteroatoms. The summed E-state index contributed by atoms with van der Waals surface area (Å²) in [4.78, 5) is 14.4. The fourth-order valence-corrected chi connectivity index (χ4v) is 3.64. The summed E-state index contributed by atoms with van der Waals surface area (Å²) in [6.45, 7) is 19.2. The minimum Gasteiger partial charge on any atom is -0.381 e. The Kier molecular flexibility index (Phi) is 18.3. The number of hydrogen-bond donors (Lipinski definition) is 2. The lowest BCUT2D eigenvalue weighted by Crippen LogP contribution is -2.43. The van der Waals surface area contributed by atoms with E-state index in [0.717, 1.165) is 58.5 Å². The average molecular weight is 420 g/mol. The first-order valence-corrected chi connectivity index (χ1v) is 11.3. The number of carbonyl (C=O) groups is 1. The van der Waals surface area contributed by atoms with Crippen molar-refractivity contribution in [1.82, 2.24) is 14.9 Å². The van der Waals surface area contributed by atoms with Gasteiger partial charge in [0.1, 0.15) is 0 Å². The molecule has 1 amide bonds. The summed E-state index contributed by atoms with van der Waals surface area (Å²) in [5, 5.41) is 4.76. The van der Waals surface area contributed by atoms with E-state index in [2.05, 4.69) is 42.3 Å². The zero-order valence-corrected chi connectivity index (χ0v) is 19.3. The lowest BCUT2D eigenvalue weighted by atomic mass is 9.97. The van der Waals surface area contributed by atoms with E-state index < -0.39 is 0 Å². The Hall–Kier alpha value is -0.560. The summed E-state index contributed by atoms with van der Waals surface area (Å²) in [6, 6.07) is 0.0558. The fourth-order valence-electron chi connectivity index (χ4n) is 3.30. The Bertz CT molecular complexity index is 400. The van der Waals surface area contributed by atoms with Crippen molar-refractivity contribution in [2.45, 2.75) is 73.8 Å². The van der Waals surface area contributed by atoms with E-state index in [-0.39, 0.29) is 20.8 Å². The zero-order valence-electron chi connectivity index (χ0n) is 18.5. The second-order valence-electron chi connectivity index (χ2n) is 8.05. The number of rotatable bonds is 6. The van der Waals surface area contributed by atoms with Crippen LogP contribution in [0, 0.1) is 11.3 Å². The highest BCUT2D eigenvalue weighted by molar-refractivity contribution is 8.00. The predicted molar refractivity (Wildman–Crippen MR) is 128 cm³/mol. The summed E-state index contributed by atoms with van der Waals surface area (Å²) >= 11 is 1.27. The molecule has 0 aromatic carbocycles. The molecule has 0 unspecified atom stereocenters. The van der Waals surface area contributed by atoms with Crippen molar-refractivity contribution in [2.75, 3.05) is 39.9 Å². The molecule has 2 saturated heterocycles. The molecular weight excluding hydrogens is 370 g/mol. The standard InChI is InChI=1S/C13H22N2O2S.C6H15N.C2H6.CH4.H2/c1-2-18-14-13(16)12-4-3-7-15(12)10-11-5-8-17-9-6-11;1-6(2,3)5-7-4;1-2;;/h2,11-12H,1,3-10H2,(H,14,16);7H,5H2,1-4H3;1-2H3;1H4;1H/t12-;;;;/m0..../s1. The van der Waals surface area contributed by atoms with Crippen LogP contribution in [0.2, 0.25) is 0 Å². The van der Waals surface area contributed by atoms with Gasteiger partial charge in [0.2, 0.25) is 5.91 Å². The minimum absolute atomic E-state index is 0. The lowest BCUT2D eigenvalue weighted by Gasteiger charge is -2.30. The number of likely N-dealkylation sites (tertiary alicyclic amines) is 1. The first-order chi connectivity index (χ1) is 12.9. The molecule has 2 rings (SSSR count). The van der Waals surface area contributed by atoms with Crippen LogP contribution in [0.5, 0.6) is 0 Å². The normalized spacial score (nSPS) is 20.0. The monoisotopic (exact) mass is 419 g/mol. The van der Waals surface area contributed by atoms with Crippen LogP contribution in [-0.2, 0) is 9.53 Å². The van der Waals surface area contributed by atoms with Crippen LogP contribution in [0.3, 0.4) is 0 Å². The van der Waals surface area contributed by atoms with Gasteiger partial charge in [-0.15, -0.1) is 0 Å². The van der Waals surface area contributed by atoms with Crippen LogP contribution in [-0.4, -0.2) is 56.7 Å². The van der Waals surface area contributed by atoms with Gasteiger partial charge in [0.15, 0.2) is 0 Å². The predicted octanol–water partition coefficient (Wildman–Crippen LogP) is 4.95. The maximum absolute atomic E-state index is 12.0. The molecule has 170 valence electrons. The van der Waals surface area contributed by atoms with Crippen LogP contribution < -0.4 is 10.0 Å². The topological polar surface area (TPSA) is 53.6 Å². The van der Waals surface area contributed by atoms with Gasteiger partial charge in [-0.05, 0) is 74.5 Å². The van der Waals surface area contributed by atoms with Gasteiger partial charge in [-0.25, -0.2) is 0 Å². The fraction of sp³-hybridized carbons (Fsp3) is 0.864. The van der Waals surface area contributed by atoms with E-state index >= 15 is 0 Å². The van der Waals surface area contributed by atoms with Gasteiger partial charge < -0.3 is 10.1 Å². The van der Waals surface area contributed by atoms with Crippen LogP contribution in [0.25, 0.3) is 0 Å². The molecular formula is C22H49N3O2S. The summed E-state index contributed by atoms with van der Waals surface area (Å²) in [5.41, 5.74) is 0.439. The van der Waals surface area contributed by atoms with E-state index in [1.807, 2.05) is 20.9 Å². The largest absolute Gasteiger partial charge is 0.381 e. The molecule has 0 saturated carbocycles. The second kappa shape index (κ2) is 17.3. The Balaban J connectivity index is -0.000000530. The number of carbonyl (C=O) groups excluding carboxylic acids is 1. The molecule has 0 aliphatic carbocycles. The van der Waals surface area contributed by atoms with Crippen LogP contribution in [0.15, 0.2) is 12.0 Å². The van der Waals surface area contributed by atoms with Crippen molar-refractivity contribution in [2.24, 2.45) is 11.3 Å². The van der Waals surface area contributed by atoms with E-state index in [9.17, 15) is 4.79 Å². The van der Waals surface area contributed by atoms with Gasteiger partial charge in [-0.1, -0.05) is 48.6 Å². The van der Waals surface area contributed by atoms with Crippen molar-refractivity contribution >= 4 is 17.9 Å². The summed E-state index contributed by atoms with van der Waals surface area (Å²) < 4.78 is 8.21. The first kappa shape index (κ1) is 29.6. The quantitative estimate of drug-likeness (QED) is 0.597. The Morgan fingerprint density at radius 2 is 1.89 bits per heavy atom. The third-order valence-corrected chi connectivity index (χ3v) is 4.94. The molecule has 0 radical (unpaired) electrons. The van der Waals surface area contributed by atoms with Crippen molar-refractivity contribution in [1.29, 1.82) is 0 Å². The van der Waals surface area contributed by atoms with Crippen LogP contribution >= 0.6 is 11.9 Å². The van der Waals surface area contributed by atoms with Crippen LogP contribution in [0.1, 0.15) is 69.2 Å². The van der Waals surface area contributed by atoms with Gasteiger partial charge in [0.25, 0.3) is 0 Å². The third kappa shape index (κ3) is 13.6. The number of amides is 1. The second-order valence-corrected chi connectivity index (χ2v) is 8.82. The zero-order chi connectivity index (χ0) is 20.7. The third-order valence-electron chi connectivity index (χ3n) is 4.45. The van der Waals surface area contributed by atoms with Crippen LogP contribution in [0.4, 0.5) is 0 Å². The maximum Gasteiger partial charge on any atom is 0.247 e. The van der Waals surface area contributed by atoms with Gasteiger partial charge >= 0.3 is 0 Å². The van der Waals surface area contributed by atoms with Gasteiger partial charge in [-0.3, -0.25) is 14.4 Å². The SMILES string of the molecule is C.C=CSNC(=O)[C@@H]1CCCN1CC1CCOCC1.CC.CNCC(C)(C)C.[HH]. The van der Waals surface area contributed by atoms with Gasteiger partial charge in [0, 0.05) is 21.2 Å². The average Bonchev–Trinajstić information content (AvgIpc) is 3.10. The summed E-state index contributed by atoms with van der Waals surface area (Å²) in [7, 11) is 1.98. The number of hydrogen-bond acceptors (Lipinski definition) is 5. The lowest BCUT2D eigenvalue weighted by molar-refractivity contribution is -0.123. The molecule has 0 spiro atoms. The minimum atomic E-state index is 0. The summed E-state index contributed by atoms with van der Waals surface area (Å²) in [6.07, 6.45) is 4.37. The van der Waals surface area contributed by atoms with E-state index in [1.54, 1.807) is 5.41 Å². The molecule has 2 heterocycles. The van der Waals surface area contributed by atoms with Crippen molar-refractivity contribution in [3.63, 3.8) is 0 Å². The Labute approximate surface area is 181 Å². The number of ether oxygens (including phenoxy) is 1. The molecule has 0 aromatic heterocycles. The van der Waals surface area contributed by atoms with Crippen molar-refractivity contribution in [3.05, 3.63) is 12.0 Å². The van der Waals surface area contributed by atoms with Gasteiger partial charge in [0.05, 0.1) is 6.04 Å². The highest BCUT2D eigenvalue weighted by Gasteiger charge is 2.32. The molecule has 0 bridgehead atoms. The number of nitrogens with one attached hydrogen (secondary N) is 2. The van der Waals surface area contributed by atoms with Crippen molar-refractivity contribution < 1.29 is 11.0 Å². The molecule has 2 aliphatic rings. The van der Waals surface area contributed by atoms with E-state index in [4.69, 9.17) is 4.74 Å². The molecule has 2 fully saturated rings. The highest BCUT2D eigenvalue weighted by atomic mass is 32.2. The van der Waals surface area contributed by atoms with Crippen molar-refractivity contribution in [3.8, 4) is 0 Å². The molecule has 1 atom stereocenters. The smallest absolute Gasteiger partial charge is 0.247 e. The molecule has 0 aromatic rings. The summed E-state index contributed by atoms with van der Waals surface area (Å²) in [5.74, 6) is 0.823. The first-order valence-electron chi connectivity index (χ1n) is 10.4. The molecule has 2 N–H and O–H groups in total. The molecule has 2 aliphatic heterocycles. The highest BCUT2D eigenvalue weighted by Crippen LogP contribution is 2.23. The van der Waals surface area contributed by atoms with E-state index in [0.29, 0.717) is 11.3 Å². The Morgan fingerprint density at radius 1 is 1.29 bits per heavy atom. The Morgan fingerprint density at radius 3 is 2.36 bits per heavy atom. The molecule has 28 heavy (non-hydrogen) atoms. The van der Waals surface area contributed by atoms with E-state index in [1.165, 1.54) is 11.9 Å². The van der Waals surface area contributed by atoms with Gasteiger partial charge in [-0.2, -0.15) is 0 Å². The molecule has 5 nitrogen and oxygen atoms in total. The number of nitrogens with zero attached hydrogens (tertiary/aromatic N) is 1. The maximum atomic E-state index is 12.0.